The van der Waals surface area contributed by atoms with E-state index in [2.05, 4.69) is 25.2 Å². The van der Waals surface area contributed by atoms with Crippen molar-refractivity contribution in [2.75, 3.05) is 23.3 Å². The summed E-state index contributed by atoms with van der Waals surface area (Å²) in [6.45, 7) is 1.61. The second-order valence-electron chi connectivity index (χ2n) is 6.08. The van der Waals surface area contributed by atoms with Gasteiger partial charge >= 0.3 is 0 Å². The Hall–Kier alpha value is -2.02. The lowest BCUT2D eigenvalue weighted by atomic mass is 9.97. The number of aryl methyl sites for hydroxylation is 2. The van der Waals surface area contributed by atoms with Crippen LogP contribution in [0.1, 0.15) is 29.8 Å². The minimum absolute atomic E-state index is 0.0236. The van der Waals surface area contributed by atoms with Crippen LogP contribution >= 0.6 is 11.3 Å². The van der Waals surface area contributed by atoms with Crippen LogP contribution in [0.3, 0.4) is 0 Å². The molecule has 1 amide bonds. The van der Waals surface area contributed by atoms with Crippen molar-refractivity contribution in [2.24, 2.45) is 5.92 Å². The number of nitrogens with zero attached hydrogens (tertiary/aromatic N) is 4. The van der Waals surface area contributed by atoms with E-state index in [4.69, 9.17) is 0 Å². The van der Waals surface area contributed by atoms with Gasteiger partial charge in [0.05, 0.1) is 17.8 Å². The molecule has 120 valence electrons. The van der Waals surface area contributed by atoms with Crippen LogP contribution in [0.2, 0.25) is 0 Å². The molecule has 0 aromatic carbocycles. The highest BCUT2D eigenvalue weighted by atomic mass is 32.1. The Bertz CT molecular complexity index is 680. The second-order valence-corrected chi connectivity index (χ2v) is 7.16. The van der Waals surface area contributed by atoms with E-state index in [0.717, 1.165) is 43.2 Å². The minimum atomic E-state index is -0.0236. The van der Waals surface area contributed by atoms with Crippen molar-refractivity contribution in [1.82, 2.24) is 15.0 Å². The van der Waals surface area contributed by atoms with Gasteiger partial charge in [0.2, 0.25) is 5.91 Å². The number of thiazole rings is 1. The Morgan fingerprint density at radius 3 is 3.09 bits per heavy atom. The Morgan fingerprint density at radius 1 is 1.30 bits per heavy atom. The third-order valence-electron chi connectivity index (χ3n) is 4.49. The van der Waals surface area contributed by atoms with Crippen molar-refractivity contribution in [3.05, 3.63) is 29.2 Å². The van der Waals surface area contributed by atoms with Gasteiger partial charge in [0.1, 0.15) is 5.82 Å². The molecule has 4 rings (SSSR count). The highest BCUT2D eigenvalue weighted by Crippen LogP contribution is 2.31. The predicted octanol–water partition coefficient (Wildman–Crippen LogP) is 2.28. The van der Waals surface area contributed by atoms with Crippen LogP contribution in [0.15, 0.2) is 18.6 Å². The number of hydrogen-bond acceptors (Lipinski definition) is 6. The first-order valence-corrected chi connectivity index (χ1v) is 8.91. The fourth-order valence-electron chi connectivity index (χ4n) is 3.31. The van der Waals surface area contributed by atoms with E-state index in [9.17, 15) is 4.79 Å². The average Bonchev–Trinajstić information content (AvgIpc) is 3.17. The molecule has 0 bridgehead atoms. The Labute approximate surface area is 139 Å². The van der Waals surface area contributed by atoms with Gasteiger partial charge in [-0.15, -0.1) is 11.3 Å². The molecule has 1 atom stereocenters. The van der Waals surface area contributed by atoms with Crippen LogP contribution < -0.4 is 10.2 Å². The van der Waals surface area contributed by atoms with Crippen LogP contribution in [0.5, 0.6) is 0 Å². The first kappa shape index (κ1) is 14.6. The first-order valence-electron chi connectivity index (χ1n) is 8.10. The lowest BCUT2D eigenvalue weighted by Gasteiger charge is -2.32. The van der Waals surface area contributed by atoms with Crippen LogP contribution in [-0.2, 0) is 17.6 Å². The van der Waals surface area contributed by atoms with Gasteiger partial charge < -0.3 is 10.2 Å². The predicted molar refractivity (Wildman–Crippen MR) is 89.7 cm³/mol. The number of fused-ring (bicyclic) bond motifs is 1. The molecule has 1 aliphatic heterocycles. The lowest BCUT2D eigenvalue weighted by Crippen LogP contribution is -2.41. The third kappa shape index (κ3) is 3.06. The molecular weight excluding hydrogens is 310 g/mol. The summed E-state index contributed by atoms with van der Waals surface area (Å²) in [4.78, 5) is 29.0. The maximum atomic E-state index is 12.6. The van der Waals surface area contributed by atoms with Crippen LogP contribution in [0, 0.1) is 5.92 Å². The summed E-state index contributed by atoms with van der Waals surface area (Å²) >= 11 is 1.63. The van der Waals surface area contributed by atoms with Gasteiger partial charge in [0.25, 0.3) is 0 Å². The largest absolute Gasteiger partial charge is 0.355 e. The maximum absolute atomic E-state index is 12.6. The summed E-state index contributed by atoms with van der Waals surface area (Å²) in [7, 11) is 0. The number of carbonyl (C=O) groups is 1. The normalized spacial score (nSPS) is 20.3. The molecule has 0 unspecified atom stereocenters. The van der Waals surface area contributed by atoms with Crippen molar-refractivity contribution < 1.29 is 4.79 Å². The van der Waals surface area contributed by atoms with E-state index < -0.39 is 0 Å². The molecule has 2 aliphatic rings. The van der Waals surface area contributed by atoms with E-state index in [0.29, 0.717) is 6.54 Å². The number of piperidine rings is 1. The van der Waals surface area contributed by atoms with Gasteiger partial charge in [-0.05, 0) is 32.1 Å². The van der Waals surface area contributed by atoms with Gasteiger partial charge in [0, 0.05) is 30.4 Å². The van der Waals surface area contributed by atoms with Gasteiger partial charge in [0.15, 0.2) is 5.13 Å². The monoisotopic (exact) mass is 329 g/mol. The fourth-order valence-corrected chi connectivity index (χ4v) is 4.36. The van der Waals surface area contributed by atoms with Crippen molar-refractivity contribution >= 4 is 28.2 Å². The zero-order valence-corrected chi connectivity index (χ0v) is 13.7. The number of anilines is 2. The molecule has 3 heterocycles. The summed E-state index contributed by atoms with van der Waals surface area (Å²) in [6, 6.07) is 0. The molecule has 1 fully saturated rings. The highest BCUT2D eigenvalue weighted by molar-refractivity contribution is 7.15. The van der Waals surface area contributed by atoms with Gasteiger partial charge in [-0.3, -0.25) is 9.78 Å². The van der Waals surface area contributed by atoms with E-state index in [-0.39, 0.29) is 11.8 Å². The maximum Gasteiger partial charge on any atom is 0.231 e. The second kappa shape index (κ2) is 6.23. The van der Waals surface area contributed by atoms with Gasteiger partial charge in [-0.2, -0.15) is 0 Å². The quantitative estimate of drug-likeness (QED) is 0.935. The Morgan fingerprint density at radius 2 is 2.26 bits per heavy atom. The topological polar surface area (TPSA) is 71.0 Å². The molecule has 0 saturated carbocycles. The molecule has 2 aromatic heterocycles. The molecule has 1 saturated heterocycles. The first-order chi connectivity index (χ1) is 11.3. The lowest BCUT2D eigenvalue weighted by molar-refractivity contribution is -0.120. The summed E-state index contributed by atoms with van der Waals surface area (Å²) in [6.07, 6.45) is 10.4. The Kier molecular flexibility index (Phi) is 3.95. The fraction of sp³-hybridized carbons (Fsp3) is 0.500. The number of nitrogens with one attached hydrogen (secondary N) is 1. The molecule has 7 heteroatoms. The SMILES string of the molecule is O=C(Nc1nc2c(s1)CCC2)[C@@H]1CCCN(c2cnccn2)C1. The summed E-state index contributed by atoms with van der Waals surface area (Å²) in [5.41, 5.74) is 1.18. The molecule has 0 spiro atoms. The zero-order chi connectivity index (χ0) is 15.6. The number of amides is 1. The molecule has 2 aromatic rings. The molecule has 1 N–H and O–H groups in total. The molecule has 1 aliphatic carbocycles. The smallest absolute Gasteiger partial charge is 0.231 e. The highest BCUT2D eigenvalue weighted by Gasteiger charge is 2.27. The summed E-state index contributed by atoms with van der Waals surface area (Å²) in [5, 5.41) is 3.78. The zero-order valence-electron chi connectivity index (χ0n) is 12.9. The number of hydrogen-bond donors (Lipinski definition) is 1. The van der Waals surface area contributed by atoms with Crippen LogP contribution in [0.25, 0.3) is 0 Å². The Balaban J connectivity index is 1.41. The van der Waals surface area contributed by atoms with E-state index in [1.165, 1.54) is 17.0 Å². The van der Waals surface area contributed by atoms with Gasteiger partial charge in [-0.25, -0.2) is 9.97 Å². The van der Waals surface area contributed by atoms with Crippen molar-refractivity contribution in [3.8, 4) is 0 Å². The number of carbonyl (C=O) groups excluding carboxylic acids is 1. The summed E-state index contributed by atoms with van der Waals surface area (Å²) in [5.74, 6) is 0.897. The van der Waals surface area contributed by atoms with E-state index in [1.807, 2.05) is 0 Å². The third-order valence-corrected chi connectivity index (χ3v) is 5.56. The number of rotatable bonds is 3. The van der Waals surface area contributed by atoms with Crippen LogP contribution in [0.4, 0.5) is 10.9 Å². The van der Waals surface area contributed by atoms with Crippen LogP contribution in [-0.4, -0.2) is 33.9 Å². The molecule has 0 radical (unpaired) electrons. The standard InChI is InChI=1S/C16H19N5OS/c22-15(20-16-19-12-4-1-5-13(12)23-16)11-3-2-8-21(10-11)14-9-17-6-7-18-14/h6-7,9,11H,1-5,8,10H2,(H,19,20,22)/t11-/m1/s1. The van der Waals surface area contributed by atoms with Crippen molar-refractivity contribution in [1.29, 1.82) is 0 Å². The van der Waals surface area contributed by atoms with Crippen molar-refractivity contribution in [3.63, 3.8) is 0 Å². The summed E-state index contributed by atoms with van der Waals surface area (Å²) < 4.78 is 0. The molecule has 23 heavy (non-hydrogen) atoms. The average molecular weight is 329 g/mol. The number of aromatic nitrogens is 3. The van der Waals surface area contributed by atoms with E-state index >= 15 is 0 Å². The van der Waals surface area contributed by atoms with E-state index in [1.54, 1.807) is 29.9 Å². The molecule has 6 nitrogen and oxygen atoms in total. The minimum Gasteiger partial charge on any atom is -0.355 e. The molecular formula is C16H19N5OS. The van der Waals surface area contributed by atoms with Gasteiger partial charge in [-0.1, -0.05) is 0 Å². The van der Waals surface area contributed by atoms with Crippen molar-refractivity contribution in [2.45, 2.75) is 32.1 Å².